The van der Waals surface area contributed by atoms with Crippen LogP contribution in [0.3, 0.4) is 0 Å². The van der Waals surface area contributed by atoms with Crippen molar-refractivity contribution in [3.63, 3.8) is 0 Å². The zero-order chi connectivity index (χ0) is 17.8. The number of β-amino-alcohol motifs (C(OH)–C–C–N with tert-alkyl or cyclic N) is 1. The number of piperazine rings is 1. The molecular formula is C18H20FN5O. The number of nitrogens with zero attached hydrogens (tertiary/aromatic N) is 5. The second-order valence-electron chi connectivity index (χ2n) is 6.17. The standard InChI is InChI=1S/C18H20FN5O/c1-13-11-24(18-16(10-20)21-6-7-22-18)9-8-23(13)12-17(25)14-4-2-3-5-15(14)19/h2-7,13,17,25H,8-9,11-12H2,1H3. The van der Waals surface area contributed by atoms with Gasteiger partial charge in [0.25, 0.3) is 0 Å². The molecule has 1 saturated heterocycles. The molecule has 0 aliphatic carbocycles. The Morgan fingerprint density at radius 3 is 2.80 bits per heavy atom. The molecule has 25 heavy (non-hydrogen) atoms. The third-order valence-electron chi connectivity index (χ3n) is 4.52. The van der Waals surface area contributed by atoms with Crippen LogP contribution in [-0.4, -0.2) is 52.2 Å². The first-order chi connectivity index (χ1) is 12.1. The van der Waals surface area contributed by atoms with Crippen LogP contribution in [0.25, 0.3) is 0 Å². The van der Waals surface area contributed by atoms with Gasteiger partial charge in [0.15, 0.2) is 11.5 Å². The van der Waals surface area contributed by atoms with Gasteiger partial charge in [-0.05, 0) is 13.0 Å². The highest BCUT2D eigenvalue weighted by molar-refractivity contribution is 5.50. The molecule has 0 saturated carbocycles. The summed E-state index contributed by atoms with van der Waals surface area (Å²) in [5, 5.41) is 19.6. The maximum Gasteiger partial charge on any atom is 0.183 e. The third-order valence-corrected chi connectivity index (χ3v) is 4.52. The largest absolute Gasteiger partial charge is 0.387 e. The molecule has 2 unspecified atom stereocenters. The molecule has 0 spiro atoms. The number of halogens is 1. The van der Waals surface area contributed by atoms with Gasteiger partial charge in [0.1, 0.15) is 11.9 Å². The van der Waals surface area contributed by atoms with Crippen LogP contribution < -0.4 is 4.90 Å². The van der Waals surface area contributed by atoms with Crippen LogP contribution in [-0.2, 0) is 0 Å². The summed E-state index contributed by atoms with van der Waals surface area (Å²) in [6.45, 7) is 4.43. The lowest BCUT2D eigenvalue weighted by molar-refractivity contribution is 0.0826. The maximum atomic E-state index is 13.8. The van der Waals surface area contributed by atoms with Gasteiger partial charge in [-0.15, -0.1) is 0 Å². The summed E-state index contributed by atoms with van der Waals surface area (Å²) < 4.78 is 13.8. The van der Waals surface area contributed by atoms with E-state index < -0.39 is 6.10 Å². The van der Waals surface area contributed by atoms with Crippen molar-refractivity contribution in [3.8, 4) is 6.07 Å². The normalized spacial score (nSPS) is 19.4. The number of aliphatic hydroxyl groups excluding tert-OH is 1. The molecule has 0 radical (unpaired) electrons. The Morgan fingerprint density at radius 1 is 1.32 bits per heavy atom. The van der Waals surface area contributed by atoms with Crippen molar-refractivity contribution >= 4 is 5.82 Å². The van der Waals surface area contributed by atoms with Crippen molar-refractivity contribution < 1.29 is 9.50 Å². The first kappa shape index (κ1) is 17.3. The van der Waals surface area contributed by atoms with E-state index in [9.17, 15) is 14.8 Å². The Balaban J connectivity index is 1.66. The lowest BCUT2D eigenvalue weighted by atomic mass is 10.1. The molecule has 2 aromatic rings. The zero-order valence-electron chi connectivity index (χ0n) is 14.0. The molecule has 0 bridgehead atoms. The lowest BCUT2D eigenvalue weighted by Crippen LogP contribution is -2.53. The van der Waals surface area contributed by atoms with Crippen molar-refractivity contribution in [1.82, 2.24) is 14.9 Å². The summed E-state index contributed by atoms with van der Waals surface area (Å²) in [5.41, 5.74) is 0.632. The van der Waals surface area contributed by atoms with E-state index in [0.29, 0.717) is 43.3 Å². The van der Waals surface area contributed by atoms with E-state index in [2.05, 4.69) is 20.9 Å². The first-order valence-electron chi connectivity index (χ1n) is 8.22. The summed E-state index contributed by atoms with van der Waals surface area (Å²) in [4.78, 5) is 12.5. The number of hydrogen-bond acceptors (Lipinski definition) is 6. The number of nitriles is 1. The predicted octanol–water partition coefficient (Wildman–Crippen LogP) is 1.73. The molecule has 6 nitrogen and oxygen atoms in total. The molecule has 0 amide bonds. The minimum atomic E-state index is -0.874. The molecule has 3 rings (SSSR count). The summed E-state index contributed by atoms with van der Waals surface area (Å²) in [5.74, 6) is 0.200. The van der Waals surface area contributed by atoms with Gasteiger partial charge in [-0.1, -0.05) is 18.2 Å². The fraction of sp³-hybridized carbons (Fsp3) is 0.389. The monoisotopic (exact) mass is 341 g/mol. The average Bonchev–Trinajstić information content (AvgIpc) is 2.63. The molecule has 1 aromatic carbocycles. The number of benzene rings is 1. The average molecular weight is 341 g/mol. The summed E-state index contributed by atoms with van der Waals surface area (Å²) >= 11 is 0. The Labute approximate surface area is 146 Å². The second-order valence-corrected chi connectivity index (χ2v) is 6.17. The molecule has 130 valence electrons. The Kier molecular flexibility index (Phi) is 5.22. The number of anilines is 1. The van der Waals surface area contributed by atoms with E-state index in [1.807, 2.05) is 11.8 Å². The van der Waals surface area contributed by atoms with E-state index in [0.717, 1.165) is 0 Å². The summed E-state index contributed by atoms with van der Waals surface area (Å²) in [6, 6.07) is 8.50. The van der Waals surface area contributed by atoms with Gasteiger partial charge in [0, 0.05) is 50.2 Å². The number of hydrogen-bond donors (Lipinski definition) is 1. The van der Waals surface area contributed by atoms with Gasteiger partial charge in [0.05, 0.1) is 6.10 Å². The van der Waals surface area contributed by atoms with E-state index in [1.54, 1.807) is 24.4 Å². The fourth-order valence-corrected chi connectivity index (χ4v) is 3.17. The number of aliphatic hydroxyl groups is 1. The van der Waals surface area contributed by atoms with Crippen LogP contribution in [0.1, 0.15) is 24.3 Å². The van der Waals surface area contributed by atoms with E-state index in [4.69, 9.17) is 0 Å². The van der Waals surface area contributed by atoms with Crippen molar-refractivity contribution in [2.24, 2.45) is 0 Å². The van der Waals surface area contributed by atoms with Crippen LogP contribution in [0, 0.1) is 17.1 Å². The quantitative estimate of drug-likeness (QED) is 0.913. The smallest absolute Gasteiger partial charge is 0.183 e. The molecule has 1 N–H and O–H groups in total. The van der Waals surface area contributed by atoms with Gasteiger partial charge in [-0.2, -0.15) is 5.26 Å². The lowest BCUT2D eigenvalue weighted by Gasteiger charge is -2.41. The summed E-state index contributed by atoms with van der Waals surface area (Å²) in [7, 11) is 0. The van der Waals surface area contributed by atoms with Gasteiger partial charge in [-0.25, -0.2) is 14.4 Å². The first-order valence-corrected chi connectivity index (χ1v) is 8.22. The second kappa shape index (κ2) is 7.55. The molecule has 2 heterocycles. The predicted molar refractivity (Wildman–Crippen MR) is 91.4 cm³/mol. The van der Waals surface area contributed by atoms with Crippen molar-refractivity contribution in [3.05, 3.63) is 53.7 Å². The molecule has 2 atom stereocenters. The molecule has 1 aliphatic heterocycles. The minimum Gasteiger partial charge on any atom is -0.387 e. The summed E-state index contributed by atoms with van der Waals surface area (Å²) in [6.07, 6.45) is 2.21. The van der Waals surface area contributed by atoms with E-state index in [-0.39, 0.29) is 11.9 Å². The third kappa shape index (κ3) is 3.76. The SMILES string of the molecule is CC1CN(c2nccnc2C#N)CCN1CC(O)c1ccccc1F. The van der Waals surface area contributed by atoms with Gasteiger partial charge >= 0.3 is 0 Å². The van der Waals surface area contributed by atoms with Gasteiger partial charge in [0.2, 0.25) is 0 Å². The van der Waals surface area contributed by atoms with Crippen LogP contribution in [0.4, 0.5) is 10.2 Å². The fourth-order valence-electron chi connectivity index (χ4n) is 3.17. The van der Waals surface area contributed by atoms with Gasteiger partial charge < -0.3 is 10.0 Å². The van der Waals surface area contributed by atoms with E-state index >= 15 is 0 Å². The van der Waals surface area contributed by atoms with Crippen LogP contribution in [0.5, 0.6) is 0 Å². The molecule has 7 heteroatoms. The Morgan fingerprint density at radius 2 is 2.08 bits per heavy atom. The number of rotatable bonds is 4. The van der Waals surface area contributed by atoms with Crippen LogP contribution in [0.2, 0.25) is 0 Å². The zero-order valence-corrected chi connectivity index (χ0v) is 14.0. The topological polar surface area (TPSA) is 76.3 Å². The molecular weight excluding hydrogens is 321 g/mol. The highest BCUT2D eigenvalue weighted by Gasteiger charge is 2.28. The Hall–Kier alpha value is -2.56. The molecule has 1 fully saturated rings. The van der Waals surface area contributed by atoms with Crippen molar-refractivity contribution in [2.45, 2.75) is 19.1 Å². The maximum absolute atomic E-state index is 13.8. The molecule has 1 aromatic heterocycles. The highest BCUT2D eigenvalue weighted by Crippen LogP contribution is 2.23. The van der Waals surface area contributed by atoms with Crippen LogP contribution in [0.15, 0.2) is 36.7 Å². The van der Waals surface area contributed by atoms with E-state index in [1.165, 1.54) is 12.3 Å². The van der Waals surface area contributed by atoms with Crippen LogP contribution >= 0.6 is 0 Å². The Bertz CT molecular complexity index is 778. The van der Waals surface area contributed by atoms with Crippen molar-refractivity contribution in [1.29, 1.82) is 5.26 Å². The number of aromatic nitrogens is 2. The highest BCUT2D eigenvalue weighted by atomic mass is 19.1. The molecule has 1 aliphatic rings. The van der Waals surface area contributed by atoms with Gasteiger partial charge in [-0.3, -0.25) is 4.90 Å². The van der Waals surface area contributed by atoms with Crippen molar-refractivity contribution in [2.75, 3.05) is 31.1 Å². The minimum absolute atomic E-state index is 0.128.